The average Bonchev–Trinajstić information content (AvgIpc) is 2.63. The van der Waals surface area contributed by atoms with Gasteiger partial charge in [0.05, 0.1) is 6.61 Å². The number of hydrogen-bond acceptors (Lipinski definition) is 5. The molecule has 1 aromatic rings. The Morgan fingerprint density at radius 2 is 2.21 bits per heavy atom. The number of rotatable bonds is 5. The van der Waals surface area contributed by atoms with E-state index in [1.807, 2.05) is 6.92 Å². The van der Waals surface area contributed by atoms with Gasteiger partial charge >= 0.3 is 5.97 Å². The van der Waals surface area contributed by atoms with Gasteiger partial charge in [-0.3, -0.25) is 5.10 Å². The zero-order chi connectivity index (χ0) is 10.4. The molecule has 78 valence electrons. The molecule has 0 saturated carbocycles. The van der Waals surface area contributed by atoms with Gasteiger partial charge in [-0.2, -0.15) is 0 Å². The van der Waals surface area contributed by atoms with Crippen LogP contribution in [0.15, 0.2) is 0 Å². The molecule has 0 unspecified atom stereocenters. The fraction of sp³-hybridized carbons (Fsp3) is 0.625. The van der Waals surface area contributed by atoms with Crippen LogP contribution in [0.4, 0.5) is 0 Å². The molecule has 14 heavy (non-hydrogen) atoms. The zero-order valence-corrected chi connectivity index (χ0v) is 8.24. The van der Waals surface area contributed by atoms with Crippen molar-refractivity contribution >= 4 is 5.97 Å². The highest BCUT2D eigenvalue weighted by atomic mass is 16.5. The molecule has 0 aliphatic carbocycles. The highest BCUT2D eigenvalue weighted by molar-refractivity contribution is 5.84. The fourth-order valence-electron chi connectivity index (χ4n) is 0.846. The molecule has 0 aliphatic heterocycles. The summed E-state index contributed by atoms with van der Waals surface area (Å²) in [6.45, 7) is 4.83. The Bertz CT molecular complexity index is 298. The second-order valence-electron chi connectivity index (χ2n) is 2.46. The normalized spacial score (nSPS) is 10.1. The summed E-state index contributed by atoms with van der Waals surface area (Å²) in [5.41, 5.74) is 0. The number of carbonyl (C=O) groups excluding carboxylic acids is 1. The number of H-pyrrole nitrogens is 1. The second kappa shape index (κ2) is 5.33. The van der Waals surface area contributed by atoms with E-state index in [4.69, 9.17) is 9.47 Å². The van der Waals surface area contributed by atoms with Gasteiger partial charge in [0.2, 0.25) is 0 Å². The number of nitrogens with one attached hydrogen (secondary N) is 1. The predicted octanol–water partition coefficient (Wildman–Crippen LogP) is 0.518. The molecule has 6 nitrogen and oxygen atoms in total. The maximum Gasteiger partial charge on any atom is 0.378 e. The predicted molar refractivity (Wildman–Crippen MR) is 47.7 cm³/mol. The smallest absolute Gasteiger partial charge is 0.378 e. The van der Waals surface area contributed by atoms with Crippen LogP contribution in [0.5, 0.6) is 0 Å². The number of nitrogens with zero attached hydrogens (tertiary/aromatic N) is 2. The molecular formula is C8H13N3O3. The number of hydrogen-bond donors (Lipinski definition) is 1. The molecule has 1 heterocycles. The lowest BCUT2D eigenvalue weighted by Gasteiger charge is -1.95. The van der Waals surface area contributed by atoms with Crippen molar-refractivity contribution in [2.24, 2.45) is 0 Å². The van der Waals surface area contributed by atoms with Crippen molar-refractivity contribution in [1.82, 2.24) is 15.2 Å². The molecule has 0 saturated heterocycles. The Kier molecular flexibility index (Phi) is 4.06. The van der Waals surface area contributed by atoms with Crippen LogP contribution >= 0.6 is 0 Å². The van der Waals surface area contributed by atoms with E-state index in [2.05, 4.69) is 15.2 Å². The summed E-state index contributed by atoms with van der Waals surface area (Å²) in [7, 11) is 0. The molecule has 0 bridgehead atoms. The van der Waals surface area contributed by atoms with Crippen molar-refractivity contribution in [3.05, 3.63) is 11.6 Å². The first-order valence-electron chi connectivity index (χ1n) is 4.44. The lowest BCUT2D eigenvalue weighted by atomic mass is 10.6. The van der Waals surface area contributed by atoms with E-state index in [-0.39, 0.29) is 5.82 Å². The minimum absolute atomic E-state index is 0.0431. The standard InChI is InChI=1S/C8H13N3O3/c1-3-13-5-6-9-7(11-10-6)8(12)14-4-2/h3-5H2,1-2H3,(H,9,10,11). The molecule has 0 spiro atoms. The first-order valence-corrected chi connectivity index (χ1v) is 4.44. The van der Waals surface area contributed by atoms with Crippen LogP contribution in [-0.2, 0) is 16.1 Å². The number of aromatic amines is 1. The fourth-order valence-corrected chi connectivity index (χ4v) is 0.846. The third-order valence-corrected chi connectivity index (χ3v) is 1.43. The van der Waals surface area contributed by atoms with Gasteiger partial charge in [-0.25, -0.2) is 9.78 Å². The van der Waals surface area contributed by atoms with E-state index in [1.165, 1.54) is 0 Å². The van der Waals surface area contributed by atoms with Crippen molar-refractivity contribution in [3.8, 4) is 0 Å². The average molecular weight is 199 g/mol. The van der Waals surface area contributed by atoms with E-state index in [9.17, 15) is 4.79 Å². The van der Waals surface area contributed by atoms with Gasteiger partial charge in [-0.1, -0.05) is 0 Å². The van der Waals surface area contributed by atoms with Crippen LogP contribution in [0.2, 0.25) is 0 Å². The Hall–Kier alpha value is -1.43. The van der Waals surface area contributed by atoms with Gasteiger partial charge in [0.15, 0.2) is 5.82 Å². The summed E-state index contributed by atoms with van der Waals surface area (Å²) < 4.78 is 9.81. The van der Waals surface area contributed by atoms with Gasteiger partial charge in [0.1, 0.15) is 6.61 Å². The molecule has 0 aromatic carbocycles. The summed E-state index contributed by atoms with van der Waals surface area (Å²) in [5.74, 6) is 0.0444. The minimum Gasteiger partial charge on any atom is -0.460 e. The topological polar surface area (TPSA) is 77.1 Å². The molecule has 0 fully saturated rings. The molecule has 1 aromatic heterocycles. The Balaban J connectivity index is 2.54. The second-order valence-corrected chi connectivity index (χ2v) is 2.46. The van der Waals surface area contributed by atoms with Crippen LogP contribution in [-0.4, -0.2) is 34.4 Å². The van der Waals surface area contributed by atoms with E-state index < -0.39 is 5.97 Å². The third kappa shape index (κ3) is 2.81. The molecule has 0 amide bonds. The maximum absolute atomic E-state index is 11.1. The van der Waals surface area contributed by atoms with Crippen molar-refractivity contribution < 1.29 is 14.3 Å². The summed E-state index contributed by atoms with van der Waals surface area (Å²) >= 11 is 0. The number of ether oxygens (including phenoxy) is 2. The zero-order valence-electron chi connectivity index (χ0n) is 8.24. The largest absolute Gasteiger partial charge is 0.460 e. The van der Waals surface area contributed by atoms with Crippen molar-refractivity contribution in [2.45, 2.75) is 20.5 Å². The number of esters is 1. The van der Waals surface area contributed by atoms with Gasteiger partial charge in [0.25, 0.3) is 5.82 Å². The van der Waals surface area contributed by atoms with E-state index in [0.717, 1.165) is 0 Å². The SMILES string of the molecule is CCOCc1nc(C(=O)OCC)n[nH]1. The lowest BCUT2D eigenvalue weighted by Crippen LogP contribution is -2.06. The van der Waals surface area contributed by atoms with Crippen molar-refractivity contribution in [3.63, 3.8) is 0 Å². The molecule has 0 aliphatic rings. The molecule has 0 radical (unpaired) electrons. The molecule has 6 heteroatoms. The Morgan fingerprint density at radius 1 is 1.43 bits per heavy atom. The minimum atomic E-state index is -0.522. The molecule has 1 N–H and O–H groups in total. The molecule has 0 atom stereocenters. The Morgan fingerprint density at radius 3 is 2.86 bits per heavy atom. The van der Waals surface area contributed by atoms with Crippen LogP contribution in [0.3, 0.4) is 0 Å². The van der Waals surface area contributed by atoms with Gasteiger partial charge in [-0.05, 0) is 13.8 Å². The van der Waals surface area contributed by atoms with Crippen LogP contribution in [0, 0.1) is 0 Å². The number of carbonyl (C=O) groups is 1. The molecular weight excluding hydrogens is 186 g/mol. The van der Waals surface area contributed by atoms with Gasteiger partial charge in [0, 0.05) is 6.61 Å². The van der Waals surface area contributed by atoms with Gasteiger partial charge < -0.3 is 9.47 Å². The monoisotopic (exact) mass is 199 g/mol. The lowest BCUT2D eigenvalue weighted by molar-refractivity contribution is 0.0512. The highest BCUT2D eigenvalue weighted by Crippen LogP contribution is 1.97. The number of aromatic nitrogens is 3. The molecule has 1 rings (SSSR count). The van der Waals surface area contributed by atoms with Crippen LogP contribution < -0.4 is 0 Å². The highest BCUT2D eigenvalue weighted by Gasteiger charge is 2.12. The van der Waals surface area contributed by atoms with E-state index >= 15 is 0 Å². The first kappa shape index (κ1) is 10.6. The van der Waals surface area contributed by atoms with Crippen molar-refractivity contribution in [1.29, 1.82) is 0 Å². The van der Waals surface area contributed by atoms with E-state index in [1.54, 1.807) is 6.92 Å². The summed E-state index contributed by atoms with van der Waals surface area (Å²) in [4.78, 5) is 15.0. The summed E-state index contributed by atoms with van der Waals surface area (Å²) in [6.07, 6.45) is 0. The van der Waals surface area contributed by atoms with Gasteiger partial charge in [-0.15, -0.1) is 5.10 Å². The third-order valence-electron chi connectivity index (χ3n) is 1.43. The van der Waals surface area contributed by atoms with Crippen LogP contribution in [0.1, 0.15) is 30.3 Å². The summed E-state index contributed by atoms with van der Waals surface area (Å²) in [5, 5.41) is 6.29. The quantitative estimate of drug-likeness (QED) is 0.699. The van der Waals surface area contributed by atoms with E-state index in [0.29, 0.717) is 25.6 Å². The summed E-state index contributed by atoms with van der Waals surface area (Å²) in [6, 6.07) is 0. The first-order chi connectivity index (χ1) is 6.77. The maximum atomic E-state index is 11.1. The van der Waals surface area contributed by atoms with Crippen LogP contribution in [0.25, 0.3) is 0 Å². The van der Waals surface area contributed by atoms with Crippen molar-refractivity contribution in [2.75, 3.05) is 13.2 Å². The Labute approximate surface area is 81.6 Å².